The summed E-state index contributed by atoms with van der Waals surface area (Å²) < 4.78 is 14.1. The van der Waals surface area contributed by atoms with E-state index >= 15 is 0 Å². The van der Waals surface area contributed by atoms with Gasteiger partial charge < -0.3 is 5.11 Å². The van der Waals surface area contributed by atoms with Gasteiger partial charge in [0, 0.05) is 15.5 Å². The van der Waals surface area contributed by atoms with Gasteiger partial charge in [-0.3, -0.25) is 0 Å². The second-order valence-corrected chi connectivity index (χ2v) is 5.38. The molecule has 1 aromatic carbocycles. The summed E-state index contributed by atoms with van der Waals surface area (Å²) in [4.78, 5) is 0. The highest BCUT2D eigenvalue weighted by Crippen LogP contribution is 2.22. The van der Waals surface area contributed by atoms with Crippen LogP contribution < -0.4 is 0 Å². The van der Waals surface area contributed by atoms with Crippen LogP contribution in [0.2, 0.25) is 0 Å². The van der Waals surface area contributed by atoms with Gasteiger partial charge in [-0.05, 0) is 23.8 Å². The van der Waals surface area contributed by atoms with Gasteiger partial charge in [-0.25, -0.2) is 4.39 Å². The number of benzene rings is 1. The Bertz CT molecular complexity index is 306. The zero-order valence-electron chi connectivity index (χ0n) is 7.84. The average molecular weight is 279 g/mol. The Hall–Kier alpha value is -0.0600. The Morgan fingerprint density at radius 3 is 2.93 bits per heavy atom. The molecule has 0 bridgehead atoms. The molecule has 1 rings (SSSR count). The van der Waals surface area contributed by atoms with Crippen molar-refractivity contribution in [2.45, 2.75) is 17.9 Å². The maximum atomic E-state index is 13.2. The van der Waals surface area contributed by atoms with Crippen LogP contribution in [0.25, 0.3) is 0 Å². The van der Waals surface area contributed by atoms with E-state index in [2.05, 4.69) is 15.9 Å². The number of aliphatic hydroxyl groups is 1. The molecule has 0 aromatic heterocycles. The van der Waals surface area contributed by atoms with E-state index in [0.717, 1.165) is 4.47 Å². The van der Waals surface area contributed by atoms with Gasteiger partial charge in [0.1, 0.15) is 5.82 Å². The quantitative estimate of drug-likeness (QED) is 0.913. The van der Waals surface area contributed by atoms with Crippen LogP contribution in [0, 0.1) is 5.82 Å². The fraction of sp³-hybridized carbons (Fsp3) is 0.400. The molecule has 0 aliphatic rings. The van der Waals surface area contributed by atoms with E-state index in [1.165, 1.54) is 6.07 Å². The van der Waals surface area contributed by atoms with Gasteiger partial charge in [0.2, 0.25) is 0 Å². The summed E-state index contributed by atoms with van der Waals surface area (Å²) in [6.07, 6.45) is 0. The zero-order valence-corrected chi connectivity index (χ0v) is 10.2. The molecule has 14 heavy (non-hydrogen) atoms. The lowest BCUT2D eigenvalue weighted by Crippen LogP contribution is -2.02. The first kappa shape index (κ1) is 12.0. The van der Waals surface area contributed by atoms with Gasteiger partial charge in [0.25, 0.3) is 0 Å². The van der Waals surface area contributed by atoms with Crippen molar-refractivity contribution in [1.29, 1.82) is 0 Å². The number of hydrogen-bond acceptors (Lipinski definition) is 2. The van der Waals surface area contributed by atoms with Crippen molar-refractivity contribution < 1.29 is 9.50 Å². The van der Waals surface area contributed by atoms with Crippen LogP contribution in [-0.2, 0) is 5.75 Å². The van der Waals surface area contributed by atoms with E-state index < -0.39 is 0 Å². The lowest BCUT2D eigenvalue weighted by atomic mass is 10.2. The second-order valence-electron chi connectivity index (χ2n) is 3.04. The van der Waals surface area contributed by atoms with E-state index in [0.29, 0.717) is 11.3 Å². The Morgan fingerprint density at radius 1 is 1.57 bits per heavy atom. The van der Waals surface area contributed by atoms with E-state index in [-0.39, 0.29) is 17.7 Å². The van der Waals surface area contributed by atoms with E-state index in [1.54, 1.807) is 23.9 Å². The van der Waals surface area contributed by atoms with E-state index in [4.69, 9.17) is 5.11 Å². The summed E-state index contributed by atoms with van der Waals surface area (Å²) in [6, 6.07) is 4.90. The minimum Gasteiger partial charge on any atom is -0.395 e. The zero-order chi connectivity index (χ0) is 10.6. The minimum atomic E-state index is -0.189. The molecule has 0 radical (unpaired) electrons. The van der Waals surface area contributed by atoms with Gasteiger partial charge in [0.15, 0.2) is 0 Å². The third kappa shape index (κ3) is 3.59. The summed E-state index contributed by atoms with van der Waals surface area (Å²) in [5.74, 6) is 0.401. The summed E-state index contributed by atoms with van der Waals surface area (Å²) in [5.41, 5.74) is 0.671. The summed E-state index contributed by atoms with van der Waals surface area (Å²) >= 11 is 4.84. The van der Waals surface area contributed by atoms with Crippen LogP contribution in [0.4, 0.5) is 4.39 Å². The Labute approximate surface area is 95.8 Å². The van der Waals surface area contributed by atoms with Crippen molar-refractivity contribution in [3.8, 4) is 0 Å². The summed E-state index contributed by atoms with van der Waals surface area (Å²) in [6.45, 7) is 2.04. The molecule has 1 N–H and O–H groups in total. The molecule has 0 saturated carbocycles. The molecule has 1 aromatic rings. The highest BCUT2D eigenvalue weighted by Gasteiger charge is 2.05. The summed E-state index contributed by atoms with van der Waals surface area (Å²) in [5, 5.41) is 8.96. The second kappa shape index (κ2) is 5.73. The molecular formula is C10H12BrFOS. The molecular weight excluding hydrogens is 267 g/mol. The lowest BCUT2D eigenvalue weighted by molar-refractivity contribution is 0.300. The van der Waals surface area contributed by atoms with Gasteiger partial charge in [-0.2, -0.15) is 11.8 Å². The maximum absolute atomic E-state index is 13.2. The average Bonchev–Trinajstić information content (AvgIpc) is 2.19. The highest BCUT2D eigenvalue weighted by atomic mass is 79.9. The monoisotopic (exact) mass is 278 g/mol. The van der Waals surface area contributed by atoms with Gasteiger partial charge >= 0.3 is 0 Å². The van der Waals surface area contributed by atoms with Crippen molar-refractivity contribution in [1.82, 2.24) is 0 Å². The van der Waals surface area contributed by atoms with Gasteiger partial charge in [-0.15, -0.1) is 0 Å². The molecule has 0 saturated heterocycles. The summed E-state index contributed by atoms with van der Waals surface area (Å²) in [7, 11) is 0. The fourth-order valence-corrected chi connectivity index (χ4v) is 2.14. The maximum Gasteiger partial charge on any atom is 0.127 e. The molecule has 0 amide bonds. The minimum absolute atomic E-state index is 0.125. The van der Waals surface area contributed by atoms with Gasteiger partial charge in [0.05, 0.1) is 6.61 Å². The third-order valence-corrected chi connectivity index (χ3v) is 3.48. The number of aliphatic hydroxyl groups excluding tert-OH is 1. The van der Waals surface area contributed by atoms with Crippen molar-refractivity contribution in [2.24, 2.45) is 0 Å². The predicted molar refractivity (Wildman–Crippen MR) is 61.9 cm³/mol. The molecule has 0 aliphatic carbocycles. The molecule has 4 heteroatoms. The fourth-order valence-electron chi connectivity index (χ4n) is 0.939. The van der Waals surface area contributed by atoms with Crippen LogP contribution in [0.3, 0.4) is 0 Å². The number of hydrogen-bond donors (Lipinski definition) is 1. The molecule has 1 atom stereocenters. The highest BCUT2D eigenvalue weighted by molar-refractivity contribution is 9.10. The largest absolute Gasteiger partial charge is 0.395 e. The van der Waals surface area contributed by atoms with Crippen LogP contribution in [0.1, 0.15) is 12.5 Å². The van der Waals surface area contributed by atoms with Crippen molar-refractivity contribution in [2.75, 3.05) is 6.61 Å². The normalized spacial score (nSPS) is 12.9. The predicted octanol–water partition coefficient (Wildman–Crippen LogP) is 3.20. The molecule has 0 fully saturated rings. The first-order chi connectivity index (χ1) is 6.63. The lowest BCUT2D eigenvalue weighted by Gasteiger charge is -2.08. The van der Waals surface area contributed by atoms with Crippen LogP contribution in [0.5, 0.6) is 0 Å². The molecule has 78 valence electrons. The van der Waals surface area contributed by atoms with Crippen LogP contribution in [-0.4, -0.2) is 17.0 Å². The first-order valence-corrected chi connectivity index (χ1v) is 6.14. The molecule has 0 heterocycles. The SMILES string of the molecule is CC(CO)SCc1cc(Br)ccc1F. The molecule has 0 spiro atoms. The van der Waals surface area contributed by atoms with Gasteiger partial charge in [-0.1, -0.05) is 22.9 Å². The van der Waals surface area contributed by atoms with Crippen LogP contribution in [0.15, 0.2) is 22.7 Å². The Morgan fingerprint density at radius 2 is 2.29 bits per heavy atom. The standard InChI is InChI=1S/C10H12BrFOS/c1-7(5-13)14-6-8-4-9(11)2-3-10(8)12/h2-4,7,13H,5-6H2,1H3. The third-order valence-electron chi connectivity index (χ3n) is 1.79. The smallest absolute Gasteiger partial charge is 0.127 e. The van der Waals surface area contributed by atoms with Crippen molar-refractivity contribution in [3.05, 3.63) is 34.1 Å². The van der Waals surface area contributed by atoms with Crippen molar-refractivity contribution >= 4 is 27.7 Å². The molecule has 0 aliphatic heterocycles. The number of thioether (sulfide) groups is 1. The molecule has 1 unspecified atom stereocenters. The Kier molecular flexibility index (Phi) is 4.92. The number of halogens is 2. The Balaban J connectivity index is 2.62. The van der Waals surface area contributed by atoms with Crippen molar-refractivity contribution in [3.63, 3.8) is 0 Å². The van der Waals surface area contributed by atoms with Crippen LogP contribution >= 0.6 is 27.7 Å². The van der Waals surface area contributed by atoms with E-state index in [1.807, 2.05) is 6.92 Å². The van der Waals surface area contributed by atoms with E-state index in [9.17, 15) is 4.39 Å². The first-order valence-electron chi connectivity index (χ1n) is 4.30. The topological polar surface area (TPSA) is 20.2 Å². The molecule has 1 nitrogen and oxygen atoms in total. The number of rotatable bonds is 4.